The first-order valence-corrected chi connectivity index (χ1v) is 11.7. The predicted octanol–water partition coefficient (Wildman–Crippen LogP) is 5.22. The Morgan fingerprint density at radius 2 is 1.55 bits per heavy atom. The van der Waals surface area contributed by atoms with Crippen LogP contribution < -0.4 is 5.32 Å². The van der Waals surface area contributed by atoms with E-state index in [0.29, 0.717) is 30.8 Å². The fourth-order valence-electron chi connectivity index (χ4n) is 3.89. The maximum atomic E-state index is 13.5. The number of nitrogens with one attached hydrogen (secondary N) is 1. The molecule has 1 N–H and O–H groups in total. The number of hydrogen-bond donors (Lipinski definition) is 1. The third-order valence-electron chi connectivity index (χ3n) is 5.82. The van der Waals surface area contributed by atoms with Crippen LogP contribution in [0.2, 0.25) is 5.02 Å². The highest BCUT2D eigenvalue weighted by molar-refractivity contribution is 6.30. The van der Waals surface area contributed by atoms with E-state index in [1.807, 2.05) is 48.5 Å². The van der Waals surface area contributed by atoms with Gasteiger partial charge in [-0.25, -0.2) is 0 Å². The molecule has 0 fully saturated rings. The minimum Gasteiger partial charge on any atom is -0.357 e. The summed E-state index contributed by atoms with van der Waals surface area (Å²) in [6.07, 6.45) is 2.38. The molecule has 2 amide bonds. The van der Waals surface area contributed by atoms with Crippen LogP contribution in [0.3, 0.4) is 0 Å². The number of carbonyl (C=O) groups excluding carboxylic acids is 2. The molecular formula is C28H31ClN2O2. The fraction of sp³-hybridized carbons (Fsp3) is 0.286. The van der Waals surface area contributed by atoms with Gasteiger partial charge in [0.2, 0.25) is 11.8 Å². The molecule has 1 atom stereocenters. The molecule has 5 heteroatoms. The maximum Gasteiger partial charge on any atom is 0.242 e. The summed E-state index contributed by atoms with van der Waals surface area (Å²) in [6.45, 7) is 2.44. The quantitative estimate of drug-likeness (QED) is 0.449. The van der Waals surface area contributed by atoms with Gasteiger partial charge in [0.1, 0.15) is 6.04 Å². The lowest BCUT2D eigenvalue weighted by molar-refractivity contribution is -0.141. The minimum absolute atomic E-state index is 0.0564. The number of carbonyl (C=O) groups is 2. The Labute approximate surface area is 201 Å². The molecule has 3 aromatic carbocycles. The average molecular weight is 463 g/mol. The SMILES string of the molecule is CCc1ccc(CCC(=O)N(Cc2cccc(Cl)c2)[C@@H](Cc2ccccc2)C(=O)NC)cc1. The number of nitrogens with zero attached hydrogens (tertiary/aromatic N) is 1. The van der Waals surface area contributed by atoms with Crippen LogP contribution in [0.4, 0.5) is 0 Å². The fourth-order valence-corrected chi connectivity index (χ4v) is 4.10. The van der Waals surface area contributed by atoms with Gasteiger partial charge in [-0.2, -0.15) is 0 Å². The van der Waals surface area contributed by atoms with Crippen molar-refractivity contribution in [2.75, 3.05) is 7.05 Å². The van der Waals surface area contributed by atoms with E-state index in [1.54, 1.807) is 18.0 Å². The van der Waals surface area contributed by atoms with Gasteiger partial charge >= 0.3 is 0 Å². The summed E-state index contributed by atoms with van der Waals surface area (Å²) in [5.41, 5.74) is 4.29. The Morgan fingerprint density at radius 3 is 2.18 bits per heavy atom. The molecule has 33 heavy (non-hydrogen) atoms. The van der Waals surface area contributed by atoms with Gasteiger partial charge in [-0.1, -0.05) is 85.3 Å². The van der Waals surface area contributed by atoms with E-state index in [9.17, 15) is 9.59 Å². The molecule has 0 radical (unpaired) electrons. The van der Waals surface area contributed by atoms with E-state index in [0.717, 1.165) is 23.1 Å². The van der Waals surface area contributed by atoms with Crippen LogP contribution in [0.1, 0.15) is 35.6 Å². The molecule has 0 aliphatic heterocycles. The molecule has 0 aromatic heterocycles. The maximum absolute atomic E-state index is 13.5. The van der Waals surface area contributed by atoms with Crippen molar-refractivity contribution < 1.29 is 9.59 Å². The van der Waals surface area contributed by atoms with Crippen LogP contribution in [0, 0.1) is 0 Å². The number of rotatable bonds is 10. The first-order chi connectivity index (χ1) is 16.0. The third-order valence-corrected chi connectivity index (χ3v) is 6.05. The van der Waals surface area contributed by atoms with Gasteiger partial charge in [0.05, 0.1) is 0 Å². The molecule has 4 nitrogen and oxygen atoms in total. The molecule has 3 rings (SSSR count). The molecule has 0 saturated heterocycles. The normalized spacial score (nSPS) is 11.6. The van der Waals surface area contributed by atoms with Crippen LogP contribution in [0.5, 0.6) is 0 Å². The summed E-state index contributed by atoms with van der Waals surface area (Å²) in [7, 11) is 1.61. The second-order valence-corrected chi connectivity index (χ2v) is 8.58. The second-order valence-electron chi connectivity index (χ2n) is 8.14. The van der Waals surface area contributed by atoms with E-state index in [4.69, 9.17) is 11.6 Å². The number of amides is 2. The van der Waals surface area contributed by atoms with Gasteiger partial charge in [-0.05, 0) is 47.2 Å². The largest absolute Gasteiger partial charge is 0.357 e. The highest BCUT2D eigenvalue weighted by Crippen LogP contribution is 2.19. The van der Waals surface area contributed by atoms with Crippen LogP contribution in [-0.4, -0.2) is 29.8 Å². The Hall–Kier alpha value is -3.11. The smallest absolute Gasteiger partial charge is 0.242 e. The number of halogens is 1. The van der Waals surface area contributed by atoms with Gasteiger partial charge in [-0.15, -0.1) is 0 Å². The summed E-state index contributed by atoms with van der Waals surface area (Å²) in [5, 5.41) is 3.35. The van der Waals surface area contributed by atoms with Crippen LogP contribution in [-0.2, 0) is 35.4 Å². The van der Waals surface area contributed by atoms with Crippen molar-refractivity contribution >= 4 is 23.4 Å². The van der Waals surface area contributed by atoms with E-state index in [1.165, 1.54) is 5.56 Å². The zero-order chi connectivity index (χ0) is 23.6. The minimum atomic E-state index is -0.619. The standard InChI is InChI=1S/C28H31ClN2O2/c1-3-21-12-14-22(15-13-21)16-17-27(32)31(20-24-10-7-11-25(29)18-24)26(28(33)30-2)19-23-8-5-4-6-9-23/h4-15,18,26H,3,16-17,19-20H2,1-2H3,(H,30,33)/t26-/m0/s1. The summed E-state index contributed by atoms with van der Waals surface area (Å²) in [6, 6.07) is 25.0. The van der Waals surface area contributed by atoms with E-state index in [-0.39, 0.29) is 11.8 Å². The van der Waals surface area contributed by atoms with E-state index in [2.05, 4.69) is 36.5 Å². The lowest BCUT2D eigenvalue weighted by atomic mass is 10.0. The molecular weight excluding hydrogens is 432 g/mol. The van der Waals surface area contributed by atoms with E-state index >= 15 is 0 Å². The van der Waals surface area contributed by atoms with Crippen LogP contribution in [0.25, 0.3) is 0 Å². The second kappa shape index (κ2) is 12.2. The molecule has 0 aliphatic rings. The number of likely N-dealkylation sites (N-methyl/N-ethyl adjacent to an activating group) is 1. The molecule has 0 unspecified atom stereocenters. The Morgan fingerprint density at radius 1 is 0.879 bits per heavy atom. The van der Waals surface area contributed by atoms with Crippen molar-refractivity contribution in [3.63, 3.8) is 0 Å². The van der Waals surface area contributed by atoms with E-state index < -0.39 is 6.04 Å². The summed E-state index contributed by atoms with van der Waals surface area (Å²) >= 11 is 6.19. The Kier molecular flexibility index (Phi) is 9.08. The predicted molar refractivity (Wildman–Crippen MR) is 134 cm³/mol. The summed E-state index contributed by atoms with van der Waals surface area (Å²) in [4.78, 5) is 28.1. The molecule has 3 aromatic rings. The lowest BCUT2D eigenvalue weighted by Crippen LogP contribution is -2.49. The van der Waals surface area contributed by atoms with Gasteiger partial charge in [-0.3, -0.25) is 9.59 Å². The van der Waals surface area contributed by atoms with Gasteiger partial charge < -0.3 is 10.2 Å². The molecule has 0 spiro atoms. The Bertz CT molecular complexity index is 1050. The van der Waals surface area contributed by atoms with Crippen molar-refractivity contribution in [1.82, 2.24) is 10.2 Å². The van der Waals surface area contributed by atoms with Gasteiger partial charge in [0, 0.05) is 31.5 Å². The Balaban J connectivity index is 1.85. The topological polar surface area (TPSA) is 49.4 Å². The van der Waals surface area contributed by atoms with Crippen molar-refractivity contribution in [1.29, 1.82) is 0 Å². The van der Waals surface area contributed by atoms with Crippen molar-refractivity contribution in [3.05, 3.63) is 106 Å². The molecule has 0 aliphatic carbocycles. The van der Waals surface area contributed by atoms with Crippen LogP contribution >= 0.6 is 11.6 Å². The van der Waals surface area contributed by atoms with Crippen LogP contribution in [0.15, 0.2) is 78.9 Å². The van der Waals surface area contributed by atoms with Gasteiger partial charge in [0.25, 0.3) is 0 Å². The third kappa shape index (κ3) is 7.19. The summed E-state index contributed by atoms with van der Waals surface area (Å²) < 4.78 is 0. The molecule has 0 heterocycles. The van der Waals surface area contributed by atoms with Crippen molar-refractivity contribution in [2.24, 2.45) is 0 Å². The number of aryl methyl sites for hydroxylation is 2. The molecule has 0 bridgehead atoms. The summed E-state index contributed by atoms with van der Waals surface area (Å²) in [5.74, 6) is -0.236. The zero-order valence-corrected chi connectivity index (χ0v) is 20.0. The average Bonchev–Trinajstić information content (AvgIpc) is 2.85. The highest BCUT2D eigenvalue weighted by Gasteiger charge is 2.29. The zero-order valence-electron chi connectivity index (χ0n) is 19.3. The first kappa shape index (κ1) is 24.5. The van der Waals surface area contributed by atoms with Crippen molar-refractivity contribution in [3.8, 4) is 0 Å². The highest BCUT2D eigenvalue weighted by atomic mass is 35.5. The van der Waals surface area contributed by atoms with Crippen molar-refractivity contribution in [2.45, 2.75) is 45.2 Å². The first-order valence-electron chi connectivity index (χ1n) is 11.4. The lowest BCUT2D eigenvalue weighted by Gasteiger charge is -2.31. The number of benzene rings is 3. The molecule has 0 saturated carbocycles. The monoisotopic (exact) mass is 462 g/mol. The molecule has 172 valence electrons. The number of hydrogen-bond acceptors (Lipinski definition) is 2. The van der Waals surface area contributed by atoms with Gasteiger partial charge in [0.15, 0.2) is 0 Å².